The molecule has 17 heavy (non-hydrogen) atoms. The number of hydrogen-bond donors (Lipinski definition) is 0. The SMILES string of the molecule is C[S+](OC1=CCN(C2COC2)CC1)C(F)(F)F. The molecule has 2 heterocycles. The molecule has 0 aromatic carbocycles. The summed E-state index contributed by atoms with van der Waals surface area (Å²) < 4.78 is 46.9. The van der Waals surface area contributed by atoms with E-state index in [-0.39, 0.29) is 0 Å². The van der Waals surface area contributed by atoms with Crippen molar-refractivity contribution in [3.63, 3.8) is 0 Å². The maximum atomic E-state index is 12.3. The second-order valence-corrected chi connectivity index (χ2v) is 5.63. The van der Waals surface area contributed by atoms with Crippen molar-refractivity contribution in [3.05, 3.63) is 11.8 Å². The van der Waals surface area contributed by atoms with Crippen LogP contribution in [0.15, 0.2) is 11.8 Å². The van der Waals surface area contributed by atoms with Crippen LogP contribution in [0.5, 0.6) is 0 Å². The van der Waals surface area contributed by atoms with Crippen molar-refractivity contribution in [1.29, 1.82) is 0 Å². The number of nitrogens with zero attached hydrogens (tertiary/aromatic N) is 1. The molecule has 3 nitrogen and oxygen atoms in total. The molecule has 0 amide bonds. The Morgan fingerprint density at radius 2 is 2.18 bits per heavy atom. The lowest BCUT2D eigenvalue weighted by molar-refractivity contribution is -0.0634. The van der Waals surface area contributed by atoms with Gasteiger partial charge in [0.15, 0.2) is 12.0 Å². The Bertz CT molecular complexity index is 304. The Morgan fingerprint density at radius 3 is 2.59 bits per heavy atom. The molecule has 0 aliphatic carbocycles. The van der Waals surface area contributed by atoms with E-state index < -0.39 is 16.7 Å². The molecule has 0 aromatic rings. The first-order valence-electron chi connectivity index (χ1n) is 5.39. The van der Waals surface area contributed by atoms with Gasteiger partial charge in [-0.25, -0.2) is 0 Å². The quantitative estimate of drug-likeness (QED) is 0.728. The van der Waals surface area contributed by atoms with E-state index in [1.807, 2.05) is 0 Å². The lowest BCUT2D eigenvalue weighted by Crippen LogP contribution is -2.50. The summed E-state index contributed by atoms with van der Waals surface area (Å²) in [5, 5.41) is 0. The molecule has 1 atom stereocenters. The number of hydrogen-bond acceptors (Lipinski definition) is 3. The molecule has 1 saturated heterocycles. The first-order chi connectivity index (χ1) is 7.97. The molecule has 2 aliphatic rings. The molecular formula is C10H15F3NO2S+. The van der Waals surface area contributed by atoms with Crippen LogP contribution in [0.4, 0.5) is 13.2 Å². The van der Waals surface area contributed by atoms with E-state index in [1.165, 1.54) is 0 Å². The minimum atomic E-state index is -4.26. The molecule has 0 bridgehead atoms. The third kappa shape index (κ3) is 3.29. The summed E-state index contributed by atoms with van der Waals surface area (Å²) in [6, 6.07) is 0.426. The van der Waals surface area contributed by atoms with Crippen LogP contribution >= 0.6 is 0 Å². The van der Waals surface area contributed by atoms with Gasteiger partial charge < -0.3 is 4.74 Å². The Hall–Kier alpha value is -0.400. The number of ether oxygens (including phenoxy) is 1. The second kappa shape index (κ2) is 5.07. The number of alkyl halides is 3. The van der Waals surface area contributed by atoms with Crippen molar-refractivity contribution in [1.82, 2.24) is 4.90 Å². The Morgan fingerprint density at radius 1 is 1.47 bits per heavy atom. The van der Waals surface area contributed by atoms with Gasteiger partial charge in [0.1, 0.15) is 0 Å². The summed E-state index contributed by atoms with van der Waals surface area (Å²) in [4.78, 5) is 2.21. The van der Waals surface area contributed by atoms with Crippen LogP contribution in [0.1, 0.15) is 6.42 Å². The molecule has 0 N–H and O–H groups in total. The lowest BCUT2D eigenvalue weighted by Gasteiger charge is -2.38. The maximum Gasteiger partial charge on any atom is 0.617 e. The summed E-state index contributed by atoms with van der Waals surface area (Å²) >= 11 is -2.01. The molecule has 0 radical (unpaired) electrons. The van der Waals surface area contributed by atoms with Gasteiger partial charge in [-0.2, -0.15) is 0 Å². The lowest BCUT2D eigenvalue weighted by atomic mass is 10.1. The number of rotatable bonds is 3. The molecule has 98 valence electrons. The zero-order valence-corrected chi connectivity index (χ0v) is 10.3. The average molecular weight is 270 g/mol. The standard InChI is InChI=1S/C10H15F3NO2S/c1-17(10(11,12)13)16-9-2-4-14(5-3-9)8-6-15-7-8/h2,8H,3-7H2,1H3/q+1. The zero-order valence-electron chi connectivity index (χ0n) is 9.50. The highest BCUT2D eigenvalue weighted by Gasteiger charge is 2.52. The summed E-state index contributed by atoms with van der Waals surface area (Å²) in [7, 11) is 0. The molecule has 1 fully saturated rings. The van der Waals surface area contributed by atoms with Crippen molar-refractivity contribution in [2.75, 3.05) is 32.6 Å². The van der Waals surface area contributed by atoms with Gasteiger partial charge in [0.2, 0.25) is 0 Å². The van der Waals surface area contributed by atoms with E-state index in [1.54, 1.807) is 6.08 Å². The number of halogens is 3. The van der Waals surface area contributed by atoms with Gasteiger partial charge in [0, 0.05) is 19.5 Å². The van der Waals surface area contributed by atoms with E-state index in [0.29, 0.717) is 24.8 Å². The van der Waals surface area contributed by atoms with E-state index >= 15 is 0 Å². The van der Waals surface area contributed by atoms with Crippen LogP contribution in [0.2, 0.25) is 0 Å². The third-order valence-corrected chi connectivity index (χ3v) is 4.01. The van der Waals surface area contributed by atoms with E-state index in [9.17, 15) is 13.2 Å². The third-order valence-electron chi connectivity index (χ3n) is 2.89. The molecule has 2 rings (SSSR count). The van der Waals surface area contributed by atoms with E-state index in [2.05, 4.69) is 4.90 Å². The van der Waals surface area contributed by atoms with Crippen molar-refractivity contribution in [2.24, 2.45) is 0 Å². The van der Waals surface area contributed by atoms with Crippen LogP contribution in [-0.4, -0.2) is 49.0 Å². The van der Waals surface area contributed by atoms with Crippen LogP contribution in [-0.2, 0) is 20.1 Å². The topological polar surface area (TPSA) is 21.7 Å². The minimum absolute atomic E-state index is 0.426. The highest BCUT2D eigenvalue weighted by Crippen LogP contribution is 2.29. The van der Waals surface area contributed by atoms with Gasteiger partial charge in [-0.15, -0.1) is 13.2 Å². The minimum Gasteiger partial charge on any atom is -0.378 e. The monoisotopic (exact) mass is 270 g/mol. The molecule has 0 saturated carbocycles. The Kier molecular flexibility index (Phi) is 3.89. The van der Waals surface area contributed by atoms with Crippen LogP contribution in [0.25, 0.3) is 0 Å². The molecule has 2 aliphatic heterocycles. The predicted octanol–water partition coefficient (Wildman–Crippen LogP) is 1.67. The van der Waals surface area contributed by atoms with E-state index in [4.69, 9.17) is 8.92 Å². The van der Waals surface area contributed by atoms with Crippen molar-refractivity contribution < 1.29 is 22.1 Å². The van der Waals surface area contributed by atoms with Gasteiger partial charge >= 0.3 is 16.7 Å². The second-order valence-electron chi connectivity index (χ2n) is 4.09. The zero-order chi connectivity index (χ0) is 12.5. The fourth-order valence-corrected chi connectivity index (χ4v) is 2.28. The molecular weight excluding hydrogens is 255 g/mol. The van der Waals surface area contributed by atoms with Crippen LogP contribution in [0.3, 0.4) is 0 Å². The summed E-state index contributed by atoms with van der Waals surface area (Å²) in [6.07, 6.45) is 3.36. The highest BCUT2D eigenvalue weighted by molar-refractivity contribution is 7.92. The van der Waals surface area contributed by atoms with Crippen LogP contribution < -0.4 is 0 Å². The Balaban J connectivity index is 1.81. The molecule has 0 spiro atoms. The fourth-order valence-electron chi connectivity index (χ4n) is 1.72. The Labute approximate surface area is 101 Å². The highest BCUT2D eigenvalue weighted by atomic mass is 32.2. The molecule has 1 unspecified atom stereocenters. The predicted molar refractivity (Wildman–Crippen MR) is 59.3 cm³/mol. The summed E-state index contributed by atoms with van der Waals surface area (Å²) in [5.74, 6) is 0.463. The normalized spacial score (nSPS) is 25.1. The average Bonchev–Trinajstić information content (AvgIpc) is 2.16. The van der Waals surface area contributed by atoms with Crippen molar-refractivity contribution in [3.8, 4) is 0 Å². The van der Waals surface area contributed by atoms with Crippen LogP contribution in [0, 0.1) is 0 Å². The van der Waals surface area contributed by atoms with Crippen molar-refractivity contribution >= 4 is 11.2 Å². The van der Waals surface area contributed by atoms with Gasteiger partial charge in [-0.3, -0.25) is 9.08 Å². The first kappa shape index (κ1) is 13.0. The smallest absolute Gasteiger partial charge is 0.378 e. The van der Waals surface area contributed by atoms with Gasteiger partial charge in [0.05, 0.1) is 19.3 Å². The van der Waals surface area contributed by atoms with Crippen molar-refractivity contribution in [2.45, 2.75) is 18.0 Å². The molecule has 7 heteroatoms. The summed E-state index contributed by atoms with van der Waals surface area (Å²) in [6.45, 7) is 2.85. The fraction of sp³-hybridized carbons (Fsp3) is 0.800. The van der Waals surface area contributed by atoms with Gasteiger partial charge in [-0.1, -0.05) is 0 Å². The largest absolute Gasteiger partial charge is 0.617 e. The summed E-state index contributed by atoms with van der Waals surface area (Å²) in [5.41, 5.74) is -4.26. The van der Waals surface area contributed by atoms with Gasteiger partial charge in [0.25, 0.3) is 0 Å². The molecule has 0 aromatic heterocycles. The van der Waals surface area contributed by atoms with E-state index in [0.717, 1.165) is 26.0 Å². The van der Waals surface area contributed by atoms with Gasteiger partial charge in [-0.05, 0) is 6.08 Å². The maximum absolute atomic E-state index is 12.3. The first-order valence-corrected chi connectivity index (χ1v) is 6.94.